The number of nitrogens with zero attached hydrogens (tertiary/aromatic N) is 3. The van der Waals surface area contributed by atoms with Crippen LogP contribution in [0.3, 0.4) is 0 Å². The Labute approximate surface area is 189 Å². The van der Waals surface area contributed by atoms with E-state index in [9.17, 15) is 18.0 Å². The van der Waals surface area contributed by atoms with Crippen molar-refractivity contribution in [2.45, 2.75) is 25.6 Å². The van der Waals surface area contributed by atoms with Gasteiger partial charge in [-0.05, 0) is 42.7 Å². The molecule has 2 aromatic carbocycles. The molecule has 4 rings (SSSR count). The van der Waals surface area contributed by atoms with Crippen LogP contribution in [0.5, 0.6) is 11.6 Å². The van der Waals surface area contributed by atoms with Crippen molar-refractivity contribution in [3.05, 3.63) is 78.1 Å². The van der Waals surface area contributed by atoms with E-state index in [0.717, 1.165) is 18.0 Å². The van der Waals surface area contributed by atoms with Gasteiger partial charge in [-0.3, -0.25) is 4.79 Å². The van der Waals surface area contributed by atoms with E-state index < -0.39 is 11.7 Å². The second-order valence-electron chi connectivity index (χ2n) is 7.81. The Hall–Kier alpha value is -3.62. The van der Waals surface area contributed by atoms with Gasteiger partial charge in [0.15, 0.2) is 0 Å². The standard InChI is InChI=1S/C24H23F3N4O2/c25-24(26,27)19-6-4-5-17(13-19)15-28-23(32)18-9-11-31(12-10-18)21-14-22(30-16-29-21)33-20-7-2-1-3-8-20/h1-8,13-14,16,18H,9-12,15H2,(H,28,32). The lowest BCUT2D eigenvalue weighted by atomic mass is 9.95. The highest BCUT2D eigenvalue weighted by Crippen LogP contribution is 2.30. The Morgan fingerprint density at radius 2 is 1.79 bits per heavy atom. The molecule has 1 aromatic heterocycles. The minimum Gasteiger partial charge on any atom is -0.439 e. The highest BCUT2D eigenvalue weighted by Gasteiger charge is 2.30. The molecule has 0 saturated carbocycles. The predicted octanol–water partition coefficient (Wildman–Crippen LogP) is 4.82. The predicted molar refractivity (Wildman–Crippen MR) is 117 cm³/mol. The number of halogens is 3. The topological polar surface area (TPSA) is 67.4 Å². The van der Waals surface area contributed by atoms with Gasteiger partial charge in [0, 0.05) is 31.6 Å². The van der Waals surface area contributed by atoms with Gasteiger partial charge in [0.05, 0.1) is 5.56 Å². The number of hydrogen-bond acceptors (Lipinski definition) is 5. The van der Waals surface area contributed by atoms with Crippen LogP contribution in [0.4, 0.5) is 19.0 Å². The zero-order valence-electron chi connectivity index (χ0n) is 17.8. The van der Waals surface area contributed by atoms with E-state index in [0.29, 0.717) is 43.1 Å². The molecule has 0 unspecified atom stereocenters. The SMILES string of the molecule is O=C(NCc1cccc(C(F)(F)F)c1)C1CCN(c2cc(Oc3ccccc3)ncn2)CC1. The Bertz CT molecular complexity index is 1080. The minimum absolute atomic E-state index is 0.0645. The smallest absolute Gasteiger partial charge is 0.416 e. The number of aromatic nitrogens is 2. The van der Waals surface area contributed by atoms with Crippen molar-refractivity contribution >= 4 is 11.7 Å². The lowest BCUT2D eigenvalue weighted by Gasteiger charge is -2.32. The molecule has 172 valence electrons. The number of amides is 1. The number of rotatable bonds is 6. The van der Waals surface area contributed by atoms with Crippen molar-refractivity contribution in [3.8, 4) is 11.6 Å². The van der Waals surface area contributed by atoms with E-state index in [4.69, 9.17) is 4.74 Å². The summed E-state index contributed by atoms with van der Waals surface area (Å²) in [5.74, 6) is 1.49. The molecule has 9 heteroatoms. The van der Waals surface area contributed by atoms with Crippen molar-refractivity contribution < 1.29 is 22.7 Å². The van der Waals surface area contributed by atoms with Gasteiger partial charge in [0.2, 0.25) is 11.8 Å². The van der Waals surface area contributed by atoms with E-state index in [1.807, 2.05) is 30.3 Å². The molecule has 3 aromatic rings. The van der Waals surface area contributed by atoms with Gasteiger partial charge in [-0.1, -0.05) is 30.3 Å². The maximum atomic E-state index is 12.9. The summed E-state index contributed by atoms with van der Waals surface area (Å²) >= 11 is 0. The van der Waals surface area contributed by atoms with E-state index in [-0.39, 0.29) is 18.4 Å². The number of anilines is 1. The highest BCUT2D eigenvalue weighted by atomic mass is 19.4. The van der Waals surface area contributed by atoms with Crippen LogP contribution in [0.25, 0.3) is 0 Å². The highest BCUT2D eigenvalue weighted by molar-refractivity contribution is 5.79. The molecule has 1 aliphatic rings. The second-order valence-corrected chi connectivity index (χ2v) is 7.81. The fourth-order valence-corrected chi connectivity index (χ4v) is 3.73. The molecule has 1 saturated heterocycles. The minimum atomic E-state index is -4.40. The van der Waals surface area contributed by atoms with Crippen LogP contribution >= 0.6 is 0 Å². The second kappa shape index (κ2) is 9.89. The normalized spacial score (nSPS) is 14.7. The van der Waals surface area contributed by atoms with E-state index in [2.05, 4.69) is 20.2 Å². The van der Waals surface area contributed by atoms with E-state index >= 15 is 0 Å². The summed E-state index contributed by atoms with van der Waals surface area (Å²) in [6.45, 7) is 1.32. The molecule has 33 heavy (non-hydrogen) atoms. The number of hydrogen-bond donors (Lipinski definition) is 1. The summed E-state index contributed by atoms with van der Waals surface area (Å²) < 4.78 is 44.3. The molecule has 0 spiro atoms. The van der Waals surface area contributed by atoms with Crippen molar-refractivity contribution in [2.24, 2.45) is 5.92 Å². The zero-order valence-corrected chi connectivity index (χ0v) is 17.8. The van der Waals surface area contributed by atoms with Gasteiger partial charge in [-0.15, -0.1) is 0 Å². The fourth-order valence-electron chi connectivity index (χ4n) is 3.73. The maximum Gasteiger partial charge on any atom is 0.416 e. The van der Waals surface area contributed by atoms with Crippen molar-refractivity contribution in [1.29, 1.82) is 0 Å². The largest absolute Gasteiger partial charge is 0.439 e. The molecular weight excluding hydrogens is 433 g/mol. The van der Waals surface area contributed by atoms with E-state index in [1.165, 1.54) is 12.4 Å². The number of alkyl halides is 3. The molecule has 0 bridgehead atoms. The summed E-state index contributed by atoms with van der Waals surface area (Å²) in [4.78, 5) is 23.1. The van der Waals surface area contributed by atoms with Crippen LogP contribution in [-0.2, 0) is 17.5 Å². The van der Waals surface area contributed by atoms with Gasteiger partial charge >= 0.3 is 6.18 Å². The number of carbonyl (C=O) groups is 1. The van der Waals surface area contributed by atoms with Crippen molar-refractivity contribution in [3.63, 3.8) is 0 Å². The molecule has 1 amide bonds. The number of nitrogens with one attached hydrogen (secondary N) is 1. The van der Waals surface area contributed by atoms with Gasteiger partial charge in [0.25, 0.3) is 0 Å². The van der Waals surface area contributed by atoms with Crippen molar-refractivity contribution in [2.75, 3.05) is 18.0 Å². The lowest BCUT2D eigenvalue weighted by Crippen LogP contribution is -2.40. The molecule has 1 fully saturated rings. The van der Waals surface area contributed by atoms with Gasteiger partial charge in [-0.2, -0.15) is 13.2 Å². The Morgan fingerprint density at radius 3 is 2.52 bits per heavy atom. The van der Waals surface area contributed by atoms with Crippen molar-refractivity contribution in [1.82, 2.24) is 15.3 Å². The third-order valence-corrected chi connectivity index (χ3v) is 5.50. The molecule has 6 nitrogen and oxygen atoms in total. The third-order valence-electron chi connectivity index (χ3n) is 5.50. The summed E-state index contributed by atoms with van der Waals surface area (Å²) in [6.07, 6.45) is -1.72. The number of piperidine rings is 1. The summed E-state index contributed by atoms with van der Waals surface area (Å²) in [7, 11) is 0. The molecule has 1 N–H and O–H groups in total. The monoisotopic (exact) mass is 456 g/mol. The lowest BCUT2D eigenvalue weighted by molar-refractivity contribution is -0.137. The van der Waals surface area contributed by atoms with Gasteiger partial charge in [0.1, 0.15) is 17.9 Å². The summed E-state index contributed by atoms with van der Waals surface area (Å²) in [5.41, 5.74) is -0.300. The van der Waals surface area contributed by atoms with Crippen LogP contribution in [0.2, 0.25) is 0 Å². The zero-order chi connectivity index (χ0) is 23.3. The van der Waals surface area contributed by atoms with Crippen LogP contribution in [0.15, 0.2) is 67.0 Å². The average molecular weight is 456 g/mol. The van der Waals surface area contributed by atoms with Gasteiger partial charge < -0.3 is 15.0 Å². The van der Waals surface area contributed by atoms with Crippen LogP contribution in [0.1, 0.15) is 24.0 Å². The first-order chi connectivity index (χ1) is 15.9. The molecule has 1 aliphatic heterocycles. The number of para-hydroxylation sites is 1. The molecule has 2 heterocycles. The summed E-state index contributed by atoms with van der Waals surface area (Å²) in [6, 6.07) is 16.1. The molecule has 0 atom stereocenters. The Balaban J connectivity index is 1.29. The first-order valence-corrected chi connectivity index (χ1v) is 10.6. The fraction of sp³-hybridized carbons (Fsp3) is 0.292. The number of ether oxygens (including phenoxy) is 1. The molecule has 0 aliphatic carbocycles. The quantitative estimate of drug-likeness (QED) is 0.576. The number of carbonyl (C=O) groups excluding carboxylic acids is 1. The third kappa shape index (κ3) is 6.00. The Kier molecular flexibility index (Phi) is 6.76. The Morgan fingerprint density at radius 1 is 1.03 bits per heavy atom. The maximum absolute atomic E-state index is 12.9. The van der Waals surface area contributed by atoms with Crippen LogP contribution in [-0.4, -0.2) is 29.0 Å². The van der Waals surface area contributed by atoms with Crippen LogP contribution in [0, 0.1) is 5.92 Å². The molecular formula is C24H23F3N4O2. The van der Waals surface area contributed by atoms with Crippen LogP contribution < -0.4 is 15.0 Å². The molecule has 0 radical (unpaired) electrons. The first kappa shape index (κ1) is 22.6. The first-order valence-electron chi connectivity index (χ1n) is 10.6. The van der Waals surface area contributed by atoms with E-state index in [1.54, 1.807) is 12.1 Å². The average Bonchev–Trinajstić information content (AvgIpc) is 2.83. The van der Waals surface area contributed by atoms with Gasteiger partial charge in [-0.25, -0.2) is 9.97 Å². The summed E-state index contributed by atoms with van der Waals surface area (Å²) in [5, 5.41) is 2.77. The number of benzene rings is 2.